The van der Waals surface area contributed by atoms with Gasteiger partial charge in [-0.15, -0.1) is 0 Å². The zero-order valence-corrected chi connectivity index (χ0v) is 7.86. The van der Waals surface area contributed by atoms with Crippen LogP contribution in [0.25, 0.3) is 0 Å². The van der Waals surface area contributed by atoms with Crippen molar-refractivity contribution in [3.8, 4) is 0 Å². The molecule has 13 heavy (non-hydrogen) atoms. The maximum absolute atomic E-state index is 11.3. The molecule has 72 valence electrons. The molecule has 2 N–H and O–H groups in total. The first-order valence-corrected chi connectivity index (χ1v) is 4.47. The first-order chi connectivity index (χ1) is 6.24. The molecule has 0 saturated carbocycles. The van der Waals surface area contributed by atoms with E-state index in [1.165, 1.54) is 0 Å². The van der Waals surface area contributed by atoms with Gasteiger partial charge in [0.25, 0.3) is 5.56 Å². The van der Waals surface area contributed by atoms with Crippen molar-refractivity contribution in [3.05, 3.63) is 28.4 Å². The second-order valence-electron chi connectivity index (χ2n) is 3.06. The third-order valence-electron chi connectivity index (χ3n) is 1.87. The van der Waals surface area contributed by atoms with Crippen molar-refractivity contribution in [3.63, 3.8) is 0 Å². The SMILES string of the molecule is Cc1cc(=O)n(CCCCN)cn1. The third kappa shape index (κ3) is 2.99. The number of rotatable bonds is 4. The molecule has 0 saturated heterocycles. The summed E-state index contributed by atoms with van der Waals surface area (Å²) in [6, 6.07) is 1.54. The predicted molar refractivity (Wildman–Crippen MR) is 51.5 cm³/mol. The Bertz CT molecular complexity index is 319. The first kappa shape index (κ1) is 9.92. The van der Waals surface area contributed by atoms with Crippen LogP contribution in [0.2, 0.25) is 0 Å². The molecule has 0 atom stereocenters. The molecule has 0 radical (unpaired) electrons. The van der Waals surface area contributed by atoms with E-state index in [0.717, 1.165) is 18.5 Å². The second kappa shape index (κ2) is 4.77. The van der Waals surface area contributed by atoms with Gasteiger partial charge in [-0.2, -0.15) is 0 Å². The highest BCUT2D eigenvalue weighted by atomic mass is 16.1. The van der Waals surface area contributed by atoms with E-state index in [2.05, 4.69) is 4.98 Å². The lowest BCUT2D eigenvalue weighted by Gasteiger charge is -2.03. The van der Waals surface area contributed by atoms with E-state index in [0.29, 0.717) is 13.1 Å². The Morgan fingerprint density at radius 2 is 2.31 bits per heavy atom. The van der Waals surface area contributed by atoms with Crippen LogP contribution in [-0.2, 0) is 6.54 Å². The molecule has 0 aromatic carbocycles. The fourth-order valence-corrected chi connectivity index (χ4v) is 1.11. The molecule has 1 aromatic heterocycles. The van der Waals surface area contributed by atoms with Crippen LogP contribution in [0.1, 0.15) is 18.5 Å². The number of aromatic nitrogens is 2. The molecule has 0 bridgehead atoms. The van der Waals surface area contributed by atoms with Crippen molar-refractivity contribution in [2.45, 2.75) is 26.3 Å². The van der Waals surface area contributed by atoms with Crippen LogP contribution in [0.4, 0.5) is 0 Å². The minimum atomic E-state index is 0.0181. The highest BCUT2D eigenvalue weighted by Gasteiger charge is 1.95. The van der Waals surface area contributed by atoms with E-state index in [-0.39, 0.29) is 5.56 Å². The van der Waals surface area contributed by atoms with Gasteiger partial charge in [0.15, 0.2) is 0 Å². The van der Waals surface area contributed by atoms with Gasteiger partial charge in [0.05, 0.1) is 6.33 Å². The molecule has 0 aliphatic rings. The Labute approximate surface area is 77.4 Å². The van der Waals surface area contributed by atoms with Gasteiger partial charge in [-0.1, -0.05) is 0 Å². The molecule has 0 aliphatic heterocycles. The molecule has 1 heterocycles. The Balaban J connectivity index is 2.62. The molecule has 4 nitrogen and oxygen atoms in total. The zero-order chi connectivity index (χ0) is 9.68. The minimum Gasteiger partial charge on any atom is -0.330 e. The van der Waals surface area contributed by atoms with Gasteiger partial charge < -0.3 is 5.73 Å². The normalized spacial score (nSPS) is 10.3. The average molecular weight is 181 g/mol. The Kier molecular flexibility index (Phi) is 3.64. The molecule has 1 rings (SSSR count). The molecular formula is C9H15N3O. The van der Waals surface area contributed by atoms with Gasteiger partial charge in [0, 0.05) is 18.3 Å². The van der Waals surface area contributed by atoms with Gasteiger partial charge in [-0.3, -0.25) is 9.36 Å². The molecule has 1 aromatic rings. The van der Waals surface area contributed by atoms with Crippen LogP contribution >= 0.6 is 0 Å². The summed E-state index contributed by atoms with van der Waals surface area (Å²) < 4.78 is 1.61. The summed E-state index contributed by atoms with van der Waals surface area (Å²) in [5, 5.41) is 0. The predicted octanol–water partition coefficient (Wildman–Crippen LogP) is 0.291. The Morgan fingerprint density at radius 3 is 2.92 bits per heavy atom. The second-order valence-corrected chi connectivity index (χ2v) is 3.06. The summed E-state index contributed by atoms with van der Waals surface area (Å²) in [5.41, 5.74) is 6.13. The monoisotopic (exact) mass is 181 g/mol. The van der Waals surface area contributed by atoms with Crippen molar-refractivity contribution in [1.29, 1.82) is 0 Å². The molecule has 0 amide bonds. The summed E-state index contributed by atoms with van der Waals surface area (Å²) >= 11 is 0. The first-order valence-electron chi connectivity index (χ1n) is 4.47. The fourth-order valence-electron chi connectivity index (χ4n) is 1.11. The largest absolute Gasteiger partial charge is 0.330 e. The van der Waals surface area contributed by atoms with Crippen LogP contribution in [0.5, 0.6) is 0 Å². The maximum atomic E-state index is 11.3. The van der Waals surface area contributed by atoms with Gasteiger partial charge in [0.1, 0.15) is 0 Å². The maximum Gasteiger partial charge on any atom is 0.253 e. The molecule has 0 fully saturated rings. The van der Waals surface area contributed by atoms with Crippen LogP contribution in [0.15, 0.2) is 17.2 Å². The van der Waals surface area contributed by atoms with Crippen LogP contribution in [0, 0.1) is 6.92 Å². The summed E-state index contributed by atoms with van der Waals surface area (Å²) in [6.07, 6.45) is 3.47. The van der Waals surface area contributed by atoms with Crippen molar-refractivity contribution < 1.29 is 0 Å². The fraction of sp³-hybridized carbons (Fsp3) is 0.556. The van der Waals surface area contributed by atoms with E-state index in [9.17, 15) is 4.79 Å². The highest BCUT2D eigenvalue weighted by molar-refractivity contribution is 4.95. The summed E-state index contributed by atoms with van der Waals surface area (Å²) in [7, 11) is 0. The van der Waals surface area contributed by atoms with Crippen molar-refractivity contribution in [2.75, 3.05) is 6.54 Å². The van der Waals surface area contributed by atoms with E-state index in [1.807, 2.05) is 6.92 Å². The number of aryl methyl sites for hydroxylation is 2. The lowest BCUT2D eigenvalue weighted by molar-refractivity contribution is 0.588. The number of nitrogens with two attached hydrogens (primary N) is 1. The van der Waals surface area contributed by atoms with Crippen molar-refractivity contribution in [1.82, 2.24) is 9.55 Å². The van der Waals surface area contributed by atoms with Gasteiger partial charge >= 0.3 is 0 Å². The topological polar surface area (TPSA) is 60.9 Å². The number of hydrogen-bond acceptors (Lipinski definition) is 3. The van der Waals surface area contributed by atoms with Crippen molar-refractivity contribution >= 4 is 0 Å². The van der Waals surface area contributed by atoms with Crippen LogP contribution in [0.3, 0.4) is 0 Å². The van der Waals surface area contributed by atoms with E-state index >= 15 is 0 Å². The molecular weight excluding hydrogens is 166 g/mol. The van der Waals surface area contributed by atoms with E-state index < -0.39 is 0 Å². The van der Waals surface area contributed by atoms with Crippen LogP contribution in [-0.4, -0.2) is 16.1 Å². The molecule has 0 unspecified atom stereocenters. The lowest BCUT2D eigenvalue weighted by atomic mass is 10.3. The van der Waals surface area contributed by atoms with E-state index in [4.69, 9.17) is 5.73 Å². The number of hydrogen-bond donors (Lipinski definition) is 1. The smallest absolute Gasteiger partial charge is 0.253 e. The summed E-state index contributed by atoms with van der Waals surface area (Å²) in [5.74, 6) is 0. The lowest BCUT2D eigenvalue weighted by Crippen LogP contribution is -2.20. The average Bonchev–Trinajstić information content (AvgIpc) is 2.09. The van der Waals surface area contributed by atoms with E-state index in [1.54, 1.807) is 17.0 Å². The van der Waals surface area contributed by atoms with Crippen molar-refractivity contribution in [2.24, 2.45) is 5.73 Å². The van der Waals surface area contributed by atoms with Gasteiger partial charge in [-0.25, -0.2) is 4.98 Å². The number of unbranched alkanes of at least 4 members (excludes halogenated alkanes) is 1. The molecule has 0 aliphatic carbocycles. The van der Waals surface area contributed by atoms with Gasteiger partial charge in [-0.05, 0) is 26.3 Å². The van der Waals surface area contributed by atoms with Crippen LogP contribution < -0.4 is 11.3 Å². The minimum absolute atomic E-state index is 0.0181. The Morgan fingerprint density at radius 1 is 1.54 bits per heavy atom. The summed E-state index contributed by atoms with van der Waals surface area (Å²) in [4.78, 5) is 15.4. The highest BCUT2D eigenvalue weighted by Crippen LogP contribution is 1.91. The quantitative estimate of drug-likeness (QED) is 0.679. The third-order valence-corrected chi connectivity index (χ3v) is 1.87. The number of nitrogens with zero attached hydrogens (tertiary/aromatic N) is 2. The zero-order valence-electron chi connectivity index (χ0n) is 7.86. The molecule has 4 heteroatoms. The summed E-state index contributed by atoms with van der Waals surface area (Å²) in [6.45, 7) is 3.20. The Hall–Kier alpha value is -1.16. The standard InChI is InChI=1S/C9H15N3O/c1-8-6-9(13)12(7-11-8)5-3-2-4-10/h6-7H,2-5,10H2,1H3. The molecule has 0 spiro atoms. The van der Waals surface area contributed by atoms with Gasteiger partial charge in [0.2, 0.25) is 0 Å².